The molecule has 0 fully saturated rings. The summed E-state index contributed by atoms with van der Waals surface area (Å²) in [5, 5.41) is 1.20. The van der Waals surface area contributed by atoms with Gasteiger partial charge >= 0.3 is 0 Å². The molecule has 0 N–H and O–H groups in total. The highest BCUT2D eigenvalue weighted by Gasteiger charge is 2.09. The van der Waals surface area contributed by atoms with Crippen molar-refractivity contribution in [1.29, 1.82) is 0 Å². The zero-order valence-corrected chi connectivity index (χ0v) is 12.3. The van der Waals surface area contributed by atoms with Gasteiger partial charge in [0.25, 0.3) is 0 Å². The van der Waals surface area contributed by atoms with E-state index in [-0.39, 0.29) is 4.83 Å². The normalized spacial score (nSPS) is 12.2. The minimum Gasteiger partial charge on any atom is -0.497 e. The van der Waals surface area contributed by atoms with Crippen molar-refractivity contribution < 1.29 is 4.74 Å². The fourth-order valence-electron chi connectivity index (χ4n) is 1.63. The van der Waals surface area contributed by atoms with Gasteiger partial charge in [-0.25, -0.2) is 0 Å². The van der Waals surface area contributed by atoms with E-state index in [0.29, 0.717) is 0 Å². The first-order valence-electron chi connectivity index (χ1n) is 5.34. The van der Waals surface area contributed by atoms with Crippen molar-refractivity contribution in [3.8, 4) is 5.75 Å². The maximum atomic E-state index is 5.15. The van der Waals surface area contributed by atoms with Crippen molar-refractivity contribution in [3.63, 3.8) is 0 Å². The summed E-state index contributed by atoms with van der Waals surface area (Å²) >= 11 is 3.72. The Hall–Kier alpha value is -0.850. The molecule has 2 aromatic rings. The molecule has 0 heterocycles. The van der Waals surface area contributed by atoms with E-state index >= 15 is 0 Å². The van der Waals surface area contributed by atoms with E-state index in [4.69, 9.17) is 4.74 Å². The third kappa shape index (κ3) is 3.08. The summed E-state index contributed by atoms with van der Waals surface area (Å²) < 4.78 is 5.15. The zero-order chi connectivity index (χ0) is 12.3. The Morgan fingerprint density at radius 3 is 1.88 bits per heavy atom. The van der Waals surface area contributed by atoms with Gasteiger partial charge in [0.1, 0.15) is 5.75 Å². The van der Waals surface area contributed by atoms with Crippen molar-refractivity contribution in [1.82, 2.24) is 0 Å². The lowest BCUT2D eigenvalue weighted by Crippen LogP contribution is -1.96. The van der Waals surface area contributed by atoms with E-state index in [0.717, 1.165) is 5.75 Å². The van der Waals surface area contributed by atoms with Crippen LogP contribution < -0.4 is 10.0 Å². The number of hydrogen-bond acceptors (Lipinski definition) is 1. The van der Waals surface area contributed by atoms with Gasteiger partial charge in [-0.2, -0.15) is 0 Å². The summed E-state index contributed by atoms with van der Waals surface area (Å²) in [5.41, 5.74) is 2.48. The first kappa shape index (κ1) is 12.6. The van der Waals surface area contributed by atoms with Crippen LogP contribution in [-0.4, -0.2) is 7.11 Å². The number of benzene rings is 2. The Kier molecular flexibility index (Phi) is 4.20. The Bertz CT molecular complexity index is 479. The van der Waals surface area contributed by atoms with Gasteiger partial charge in [0.15, 0.2) is 0 Å². The second kappa shape index (κ2) is 5.66. The summed E-state index contributed by atoms with van der Waals surface area (Å²) in [6.45, 7) is 0. The van der Waals surface area contributed by atoms with E-state index in [1.54, 1.807) is 7.11 Å². The highest BCUT2D eigenvalue weighted by Crippen LogP contribution is 2.31. The van der Waals surface area contributed by atoms with Crippen LogP contribution in [0.1, 0.15) is 16.0 Å². The molecule has 0 spiro atoms. The van der Waals surface area contributed by atoms with Gasteiger partial charge in [0.2, 0.25) is 0 Å². The van der Waals surface area contributed by atoms with Gasteiger partial charge < -0.3 is 4.74 Å². The van der Waals surface area contributed by atoms with E-state index in [1.165, 1.54) is 16.4 Å². The van der Waals surface area contributed by atoms with Crippen LogP contribution >= 0.6 is 25.2 Å². The second-order valence-corrected chi connectivity index (χ2v) is 5.38. The molecule has 2 unspecified atom stereocenters. The van der Waals surface area contributed by atoms with Crippen LogP contribution in [0.3, 0.4) is 0 Å². The molecule has 0 saturated carbocycles. The maximum Gasteiger partial charge on any atom is 0.118 e. The molecule has 88 valence electrons. The average molecular weight is 309 g/mol. The van der Waals surface area contributed by atoms with Crippen LogP contribution in [0.5, 0.6) is 5.75 Å². The van der Waals surface area contributed by atoms with Crippen LogP contribution in [0, 0.1) is 0 Å². The molecule has 0 bridgehead atoms. The highest BCUT2D eigenvalue weighted by molar-refractivity contribution is 9.09. The first-order chi connectivity index (χ1) is 8.20. The number of methoxy groups -OCH3 is 1. The van der Waals surface area contributed by atoms with Crippen LogP contribution in [0.2, 0.25) is 0 Å². The minimum atomic E-state index is 0.221. The smallest absolute Gasteiger partial charge is 0.118 e. The minimum absolute atomic E-state index is 0.221. The van der Waals surface area contributed by atoms with E-state index in [1.807, 2.05) is 12.1 Å². The summed E-state index contributed by atoms with van der Waals surface area (Å²) in [7, 11) is 4.37. The van der Waals surface area contributed by atoms with Crippen LogP contribution in [0.4, 0.5) is 0 Å². The zero-order valence-electron chi connectivity index (χ0n) is 9.56. The Morgan fingerprint density at radius 2 is 1.41 bits per heavy atom. The summed E-state index contributed by atoms with van der Waals surface area (Å²) in [6, 6.07) is 16.6. The van der Waals surface area contributed by atoms with Crippen molar-refractivity contribution in [2.75, 3.05) is 7.11 Å². The molecule has 2 rings (SSSR count). The molecule has 17 heavy (non-hydrogen) atoms. The third-order valence-electron chi connectivity index (χ3n) is 2.64. The van der Waals surface area contributed by atoms with Gasteiger partial charge in [-0.05, 0) is 28.6 Å². The lowest BCUT2D eigenvalue weighted by atomic mass is 10.0. The topological polar surface area (TPSA) is 9.23 Å². The number of alkyl halides is 1. The predicted octanol–water partition coefficient (Wildman–Crippen LogP) is 3.68. The van der Waals surface area contributed by atoms with Crippen LogP contribution in [0.25, 0.3) is 0 Å². The third-order valence-corrected chi connectivity index (χ3v) is 4.08. The molecule has 2 aromatic carbocycles. The van der Waals surface area contributed by atoms with E-state index < -0.39 is 0 Å². The average Bonchev–Trinajstić information content (AvgIpc) is 2.39. The van der Waals surface area contributed by atoms with Crippen LogP contribution in [-0.2, 0) is 0 Å². The lowest BCUT2D eigenvalue weighted by Gasteiger charge is -2.11. The molecule has 0 radical (unpaired) electrons. The Morgan fingerprint density at radius 1 is 0.941 bits per heavy atom. The second-order valence-electron chi connectivity index (χ2n) is 3.80. The molecule has 0 amide bonds. The molecule has 2 atom stereocenters. The predicted molar refractivity (Wildman–Crippen MR) is 79.6 cm³/mol. The summed E-state index contributed by atoms with van der Waals surface area (Å²) in [5.74, 6) is 0.883. The molecule has 0 aromatic heterocycles. The molecule has 3 heteroatoms. The van der Waals surface area contributed by atoms with E-state index in [2.05, 4.69) is 61.6 Å². The molecule has 0 aliphatic carbocycles. The van der Waals surface area contributed by atoms with Crippen molar-refractivity contribution in [3.05, 3.63) is 59.7 Å². The fourth-order valence-corrected chi connectivity index (χ4v) is 2.43. The quantitative estimate of drug-likeness (QED) is 0.621. The standard InChI is InChI=1S/C14H14BrOP/c1-16-12-6-2-10(3-7-12)14(15)11-4-8-13(17)9-5-11/h2-9,14H,17H2,1H3. The highest BCUT2D eigenvalue weighted by atomic mass is 79.9. The number of rotatable bonds is 3. The van der Waals surface area contributed by atoms with Gasteiger partial charge in [-0.3, -0.25) is 0 Å². The lowest BCUT2D eigenvalue weighted by molar-refractivity contribution is 0.414. The fraction of sp³-hybridized carbons (Fsp3) is 0.143. The number of ether oxygens (including phenoxy) is 1. The van der Waals surface area contributed by atoms with E-state index in [9.17, 15) is 0 Å². The largest absolute Gasteiger partial charge is 0.497 e. The maximum absolute atomic E-state index is 5.15. The molecule has 0 aliphatic heterocycles. The Balaban J connectivity index is 2.23. The monoisotopic (exact) mass is 308 g/mol. The van der Waals surface area contributed by atoms with Crippen LogP contribution in [0.15, 0.2) is 48.5 Å². The summed E-state index contributed by atoms with van der Waals surface area (Å²) in [4.78, 5) is 0.221. The Labute approximate surface area is 113 Å². The molecule has 0 aliphatic rings. The van der Waals surface area contributed by atoms with Crippen molar-refractivity contribution in [2.24, 2.45) is 0 Å². The SMILES string of the molecule is COc1ccc(C(Br)c2ccc(P)cc2)cc1. The number of hydrogen-bond donors (Lipinski definition) is 0. The molecule has 0 saturated heterocycles. The van der Waals surface area contributed by atoms with Gasteiger partial charge in [-0.1, -0.05) is 52.3 Å². The van der Waals surface area contributed by atoms with Gasteiger partial charge in [-0.15, -0.1) is 9.24 Å². The van der Waals surface area contributed by atoms with Crippen molar-refractivity contribution in [2.45, 2.75) is 4.83 Å². The number of halogens is 1. The molecular formula is C14H14BrOP. The first-order valence-corrected chi connectivity index (χ1v) is 6.83. The van der Waals surface area contributed by atoms with Gasteiger partial charge in [0.05, 0.1) is 11.9 Å². The van der Waals surface area contributed by atoms with Gasteiger partial charge in [0, 0.05) is 0 Å². The molecular weight excluding hydrogens is 295 g/mol. The van der Waals surface area contributed by atoms with Crippen molar-refractivity contribution >= 4 is 30.5 Å². The molecule has 1 nitrogen and oxygen atoms in total. The summed E-state index contributed by atoms with van der Waals surface area (Å²) in [6.07, 6.45) is 0.